The molecule has 1 heterocycles. The molecule has 0 fully saturated rings. The van der Waals surface area contributed by atoms with Crippen LogP contribution in [0.2, 0.25) is 0 Å². The Bertz CT molecular complexity index is 379. The first-order chi connectivity index (χ1) is 8.58. The summed E-state index contributed by atoms with van der Waals surface area (Å²) in [5.41, 5.74) is 1.02. The Hall–Kier alpha value is -0.940. The number of nitrogens with one attached hydrogen (secondary N) is 1. The standard InChI is InChI=1S/C13H22N2O2S/c1-5-6-7-11(13(16)17-4)15-10(3)12-14-9(2)8-18-12/h8,10-11,15H,5-7H2,1-4H3. The monoisotopic (exact) mass is 270 g/mol. The number of aryl methyl sites for hydroxylation is 1. The molecule has 0 aromatic carbocycles. The van der Waals surface area contributed by atoms with Crippen molar-refractivity contribution >= 4 is 17.3 Å². The van der Waals surface area contributed by atoms with Crippen LogP contribution < -0.4 is 5.32 Å². The number of thiazole rings is 1. The van der Waals surface area contributed by atoms with Crippen LogP contribution in [-0.4, -0.2) is 24.1 Å². The third kappa shape index (κ3) is 4.38. The second-order valence-electron chi connectivity index (χ2n) is 4.43. The third-order valence-corrected chi connectivity index (χ3v) is 3.94. The van der Waals surface area contributed by atoms with Gasteiger partial charge in [0, 0.05) is 11.1 Å². The second kappa shape index (κ2) is 7.48. The molecular formula is C13H22N2O2S. The molecule has 1 N–H and O–H groups in total. The molecule has 18 heavy (non-hydrogen) atoms. The number of aromatic nitrogens is 1. The summed E-state index contributed by atoms with van der Waals surface area (Å²) in [6.45, 7) is 6.11. The molecule has 2 unspecified atom stereocenters. The maximum atomic E-state index is 11.7. The third-order valence-electron chi connectivity index (χ3n) is 2.79. The first kappa shape index (κ1) is 15.1. The van der Waals surface area contributed by atoms with Gasteiger partial charge in [-0.1, -0.05) is 19.8 Å². The fourth-order valence-corrected chi connectivity index (χ4v) is 2.58. The minimum absolute atomic E-state index is 0.0738. The fraction of sp³-hybridized carbons (Fsp3) is 0.692. The summed E-state index contributed by atoms with van der Waals surface area (Å²) in [5.74, 6) is -0.191. The fourth-order valence-electron chi connectivity index (χ4n) is 1.76. The van der Waals surface area contributed by atoms with Gasteiger partial charge in [-0.15, -0.1) is 11.3 Å². The average Bonchev–Trinajstić information content (AvgIpc) is 2.80. The predicted molar refractivity (Wildman–Crippen MR) is 73.7 cm³/mol. The highest BCUT2D eigenvalue weighted by atomic mass is 32.1. The number of esters is 1. The van der Waals surface area contributed by atoms with E-state index < -0.39 is 0 Å². The number of unbranched alkanes of at least 4 members (excludes halogenated alkanes) is 1. The van der Waals surface area contributed by atoms with Crippen molar-refractivity contribution in [1.82, 2.24) is 10.3 Å². The Morgan fingerprint density at radius 2 is 2.33 bits per heavy atom. The van der Waals surface area contributed by atoms with Crippen molar-refractivity contribution in [3.8, 4) is 0 Å². The largest absolute Gasteiger partial charge is 0.468 e. The molecule has 0 aliphatic heterocycles. The van der Waals surface area contributed by atoms with Gasteiger partial charge in [0.05, 0.1) is 13.2 Å². The summed E-state index contributed by atoms with van der Waals surface area (Å²) in [6, 6.07) is -0.168. The zero-order valence-electron chi connectivity index (χ0n) is 11.5. The van der Waals surface area contributed by atoms with Crippen LogP contribution >= 0.6 is 11.3 Å². The SMILES string of the molecule is CCCCC(NC(C)c1nc(C)cs1)C(=O)OC. The van der Waals surface area contributed by atoms with E-state index in [9.17, 15) is 4.79 Å². The highest BCUT2D eigenvalue weighted by Gasteiger charge is 2.22. The van der Waals surface area contributed by atoms with Gasteiger partial charge >= 0.3 is 5.97 Å². The van der Waals surface area contributed by atoms with Crippen LogP contribution in [0.3, 0.4) is 0 Å². The Morgan fingerprint density at radius 3 is 2.83 bits per heavy atom. The highest BCUT2D eigenvalue weighted by molar-refractivity contribution is 7.09. The van der Waals surface area contributed by atoms with Gasteiger partial charge < -0.3 is 4.74 Å². The van der Waals surface area contributed by atoms with E-state index in [1.54, 1.807) is 11.3 Å². The van der Waals surface area contributed by atoms with Crippen molar-refractivity contribution in [2.75, 3.05) is 7.11 Å². The van der Waals surface area contributed by atoms with Crippen molar-refractivity contribution in [1.29, 1.82) is 0 Å². The van der Waals surface area contributed by atoms with E-state index in [0.717, 1.165) is 30.0 Å². The van der Waals surface area contributed by atoms with Gasteiger partial charge in [0.2, 0.25) is 0 Å². The maximum Gasteiger partial charge on any atom is 0.322 e. The van der Waals surface area contributed by atoms with Gasteiger partial charge in [-0.2, -0.15) is 0 Å². The number of rotatable bonds is 7. The van der Waals surface area contributed by atoms with E-state index in [1.807, 2.05) is 19.2 Å². The van der Waals surface area contributed by atoms with Crippen LogP contribution in [-0.2, 0) is 9.53 Å². The summed E-state index contributed by atoms with van der Waals surface area (Å²) in [4.78, 5) is 16.1. The van der Waals surface area contributed by atoms with Crippen molar-refractivity contribution in [2.24, 2.45) is 0 Å². The molecule has 1 aromatic heterocycles. The molecule has 0 saturated carbocycles. The molecule has 0 spiro atoms. The Balaban J connectivity index is 2.61. The number of hydrogen-bond donors (Lipinski definition) is 1. The average molecular weight is 270 g/mol. The lowest BCUT2D eigenvalue weighted by molar-refractivity contribution is -0.143. The Labute approximate surface area is 113 Å². The highest BCUT2D eigenvalue weighted by Crippen LogP contribution is 2.19. The van der Waals surface area contributed by atoms with Crippen LogP contribution in [0.4, 0.5) is 0 Å². The van der Waals surface area contributed by atoms with Crippen molar-refractivity contribution in [3.05, 3.63) is 16.1 Å². The van der Waals surface area contributed by atoms with Gasteiger partial charge in [0.25, 0.3) is 0 Å². The van der Waals surface area contributed by atoms with Gasteiger partial charge in [0.1, 0.15) is 11.0 Å². The number of methoxy groups -OCH3 is 1. The van der Waals surface area contributed by atoms with Gasteiger partial charge in [-0.05, 0) is 20.3 Å². The predicted octanol–water partition coefficient (Wildman–Crippen LogP) is 2.83. The summed E-state index contributed by atoms with van der Waals surface area (Å²) in [5, 5.41) is 6.34. The minimum Gasteiger partial charge on any atom is -0.468 e. The molecular weight excluding hydrogens is 248 g/mol. The van der Waals surface area contributed by atoms with Crippen molar-refractivity contribution < 1.29 is 9.53 Å². The number of carbonyl (C=O) groups is 1. The molecule has 1 aromatic rings. The van der Waals surface area contributed by atoms with Crippen molar-refractivity contribution in [2.45, 2.75) is 52.1 Å². The maximum absolute atomic E-state index is 11.7. The molecule has 2 atom stereocenters. The zero-order chi connectivity index (χ0) is 13.5. The van der Waals surface area contributed by atoms with Crippen LogP contribution in [0.15, 0.2) is 5.38 Å². The number of hydrogen-bond acceptors (Lipinski definition) is 5. The number of carbonyl (C=O) groups excluding carboxylic acids is 1. The van der Waals surface area contributed by atoms with Crippen LogP contribution in [0.5, 0.6) is 0 Å². The lowest BCUT2D eigenvalue weighted by Crippen LogP contribution is -2.39. The molecule has 4 nitrogen and oxygen atoms in total. The minimum atomic E-state index is -0.242. The zero-order valence-corrected chi connectivity index (χ0v) is 12.3. The number of nitrogens with zero attached hydrogens (tertiary/aromatic N) is 1. The molecule has 102 valence electrons. The van der Waals surface area contributed by atoms with E-state index >= 15 is 0 Å². The van der Waals surface area contributed by atoms with Crippen molar-refractivity contribution in [3.63, 3.8) is 0 Å². The summed E-state index contributed by atoms with van der Waals surface area (Å²) >= 11 is 1.62. The van der Waals surface area contributed by atoms with Gasteiger partial charge in [0.15, 0.2) is 0 Å². The van der Waals surface area contributed by atoms with E-state index in [2.05, 4.69) is 17.2 Å². The molecule has 1 rings (SSSR count). The van der Waals surface area contributed by atoms with Crippen LogP contribution in [0.25, 0.3) is 0 Å². The van der Waals surface area contributed by atoms with E-state index in [-0.39, 0.29) is 18.1 Å². The molecule has 5 heteroatoms. The van der Waals surface area contributed by atoms with E-state index in [0.29, 0.717) is 0 Å². The summed E-state index contributed by atoms with van der Waals surface area (Å²) in [7, 11) is 1.43. The first-order valence-electron chi connectivity index (χ1n) is 6.34. The lowest BCUT2D eigenvalue weighted by Gasteiger charge is -2.20. The van der Waals surface area contributed by atoms with E-state index in [4.69, 9.17) is 4.74 Å². The topological polar surface area (TPSA) is 51.2 Å². The Kier molecular flexibility index (Phi) is 6.29. The molecule has 0 aliphatic rings. The quantitative estimate of drug-likeness (QED) is 0.774. The Morgan fingerprint density at radius 1 is 1.61 bits per heavy atom. The van der Waals surface area contributed by atoms with E-state index in [1.165, 1.54) is 7.11 Å². The summed E-state index contributed by atoms with van der Waals surface area (Å²) < 4.78 is 4.83. The molecule has 0 radical (unpaired) electrons. The first-order valence-corrected chi connectivity index (χ1v) is 7.22. The van der Waals surface area contributed by atoms with Gasteiger partial charge in [-0.3, -0.25) is 10.1 Å². The normalized spacial score (nSPS) is 14.2. The smallest absolute Gasteiger partial charge is 0.322 e. The number of ether oxygens (including phenoxy) is 1. The molecule has 0 bridgehead atoms. The molecule has 0 amide bonds. The van der Waals surface area contributed by atoms with Gasteiger partial charge in [-0.25, -0.2) is 4.98 Å². The summed E-state index contributed by atoms with van der Waals surface area (Å²) in [6.07, 6.45) is 2.88. The second-order valence-corrected chi connectivity index (χ2v) is 5.32. The molecule has 0 saturated heterocycles. The van der Waals surface area contributed by atoms with Crippen LogP contribution in [0.1, 0.15) is 49.9 Å². The molecule has 0 aliphatic carbocycles. The lowest BCUT2D eigenvalue weighted by atomic mass is 10.1. The van der Waals surface area contributed by atoms with Crippen LogP contribution in [0, 0.1) is 6.92 Å².